The fourth-order valence-electron chi connectivity index (χ4n) is 4.40. The molecule has 3 N–H and O–H groups in total. The first-order valence-electron chi connectivity index (χ1n) is 10.7. The van der Waals surface area contributed by atoms with Gasteiger partial charge < -0.3 is 10.0 Å². The number of hydrogen-bond donors (Lipinski definition) is 3. The first kappa shape index (κ1) is 21.0. The smallest absolute Gasteiger partial charge is 0.329 e. The van der Waals surface area contributed by atoms with Crippen molar-refractivity contribution in [2.45, 2.75) is 38.3 Å². The molecule has 1 saturated heterocycles. The molecule has 0 aliphatic carbocycles. The number of nitrogens with zero attached hydrogens (tertiary/aromatic N) is 5. The van der Waals surface area contributed by atoms with Crippen molar-refractivity contribution in [1.82, 2.24) is 34.6 Å². The van der Waals surface area contributed by atoms with Crippen LogP contribution in [-0.4, -0.2) is 64.3 Å². The van der Waals surface area contributed by atoms with Gasteiger partial charge >= 0.3 is 5.69 Å². The number of hydrogen-bond acceptors (Lipinski definition) is 7. The highest BCUT2D eigenvalue weighted by molar-refractivity contribution is 6.01. The second kappa shape index (κ2) is 7.62. The lowest BCUT2D eigenvalue weighted by Gasteiger charge is -2.36. The van der Waals surface area contributed by atoms with Crippen molar-refractivity contribution >= 4 is 27.8 Å². The summed E-state index contributed by atoms with van der Waals surface area (Å²) in [6.45, 7) is 3.70. The molecule has 1 amide bonds. The Morgan fingerprint density at radius 3 is 2.61 bits per heavy atom. The number of aromatic amines is 2. The summed E-state index contributed by atoms with van der Waals surface area (Å²) >= 11 is 0. The highest BCUT2D eigenvalue weighted by Crippen LogP contribution is 2.29. The van der Waals surface area contributed by atoms with Crippen LogP contribution >= 0.6 is 0 Å². The van der Waals surface area contributed by atoms with Gasteiger partial charge in [0.25, 0.3) is 11.5 Å². The minimum absolute atomic E-state index is 0.257. The maximum absolute atomic E-state index is 13.0. The Bertz CT molecular complexity index is 1470. The molecule has 4 aromatic heterocycles. The highest BCUT2D eigenvalue weighted by atomic mass is 16.3. The maximum Gasteiger partial charge on any atom is 0.329 e. The van der Waals surface area contributed by atoms with Crippen LogP contribution in [0.5, 0.6) is 0 Å². The molecule has 1 fully saturated rings. The van der Waals surface area contributed by atoms with E-state index in [-0.39, 0.29) is 17.3 Å². The Morgan fingerprint density at radius 2 is 1.94 bits per heavy atom. The summed E-state index contributed by atoms with van der Waals surface area (Å²) in [5.41, 5.74) is 0.331. The topological polar surface area (TPSA) is 150 Å². The molecular weight excluding hydrogens is 426 g/mol. The maximum atomic E-state index is 13.0. The molecule has 1 aliphatic rings. The molecule has 170 valence electrons. The fraction of sp³-hybridized carbons (Fsp3) is 0.364. The van der Waals surface area contributed by atoms with Crippen LogP contribution in [-0.2, 0) is 4.79 Å². The molecule has 4 aromatic rings. The number of fused-ring (bicyclic) bond motifs is 3. The van der Waals surface area contributed by atoms with Gasteiger partial charge in [0, 0.05) is 37.1 Å². The van der Waals surface area contributed by atoms with Crippen LogP contribution in [0.2, 0.25) is 0 Å². The lowest BCUT2D eigenvalue weighted by Crippen LogP contribution is -2.49. The van der Waals surface area contributed by atoms with Crippen molar-refractivity contribution in [3.8, 4) is 11.3 Å². The zero-order valence-corrected chi connectivity index (χ0v) is 18.2. The number of piperidine rings is 1. The molecule has 0 unspecified atom stereocenters. The summed E-state index contributed by atoms with van der Waals surface area (Å²) in [6.07, 6.45) is 5.80. The molecule has 0 radical (unpaired) electrons. The Balaban J connectivity index is 1.65. The van der Waals surface area contributed by atoms with Crippen molar-refractivity contribution in [2.75, 3.05) is 13.1 Å². The van der Waals surface area contributed by atoms with Crippen molar-refractivity contribution in [3.63, 3.8) is 0 Å². The van der Waals surface area contributed by atoms with Crippen molar-refractivity contribution in [1.29, 1.82) is 0 Å². The summed E-state index contributed by atoms with van der Waals surface area (Å²) in [5.74, 6) is -0.347. The van der Waals surface area contributed by atoms with Gasteiger partial charge in [0.2, 0.25) is 0 Å². The standard InChI is InChI=1S/C22H23N7O4/c1-22(2,33)20(31)28-7-5-13(6-8-28)29-18-14(19(30)27-21(29)32)11-23-16-4-3-15(26-17(16)18)12-9-24-25-10-12/h3-4,9-11,13,33H,5-8H2,1-2H3,(H,24,25)(H,27,30,32). The largest absolute Gasteiger partial charge is 0.381 e. The first-order chi connectivity index (χ1) is 15.7. The van der Waals surface area contributed by atoms with Crippen LogP contribution in [0, 0.1) is 0 Å². The number of carbonyl (C=O) groups is 1. The average Bonchev–Trinajstić information content (AvgIpc) is 3.33. The van der Waals surface area contributed by atoms with E-state index in [0.29, 0.717) is 48.2 Å². The molecule has 5 rings (SSSR count). The molecule has 5 heterocycles. The minimum atomic E-state index is -1.45. The van der Waals surface area contributed by atoms with E-state index >= 15 is 0 Å². The third-order valence-electron chi connectivity index (χ3n) is 6.05. The summed E-state index contributed by atoms with van der Waals surface area (Å²) < 4.78 is 1.57. The second-order valence-electron chi connectivity index (χ2n) is 8.78. The second-order valence-corrected chi connectivity index (χ2v) is 8.78. The molecule has 0 atom stereocenters. The molecule has 0 saturated carbocycles. The van der Waals surface area contributed by atoms with Crippen LogP contribution < -0.4 is 11.2 Å². The van der Waals surface area contributed by atoms with Crippen LogP contribution in [0.3, 0.4) is 0 Å². The quantitative estimate of drug-likeness (QED) is 0.394. The van der Waals surface area contributed by atoms with Crippen LogP contribution in [0.25, 0.3) is 33.2 Å². The molecule has 11 heteroatoms. The van der Waals surface area contributed by atoms with E-state index in [0.717, 1.165) is 5.56 Å². The molecule has 0 spiro atoms. The van der Waals surface area contributed by atoms with Gasteiger partial charge in [-0.15, -0.1) is 0 Å². The van der Waals surface area contributed by atoms with Gasteiger partial charge in [-0.3, -0.25) is 29.2 Å². The van der Waals surface area contributed by atoms with Gasteiger partial charge in [-0.1, -0.05) is 0 Å². The molecule has 33 heavy (non-hydrogen) atoms. The fourth-order valence-corrected chi connectivity index (χ4v) is 4.40. The van der Waals surface area contributed by atoms with E-state index in [1.54, 1.807) is 27.9 Å². The number of aromatic nitrogens is 6. The number of aliphatic hydroxyl groups is 1. The van der Waals surface area contributed by atoms with E-state index in [9.17, 15) is 19.5 Å². The number of nitrogens with one attached hydrogen (secondary N) is 2. The van der Waals surface area contributed by atoms with Crippen LogP contribution in [0.15, 0.2) is 40.3 Å². The number of pyridine rings is 2. The van der Waals surface area contributed by atoms with Gasteiger partial charge in [-0.05, 0) is 38.8 Å². The highest BCUT2D eigenvalue weighted by Gasteiger charge is 2.33. The van der Waals surface area contributed by atoms with E-state index < -0.39 is 16.9 Å². The van der Waals surface area contributed by atoms with Gasteiger partial charge in [-0.2, -0.15) is 5.10 Å². The van der Waals surface area contributed by atoms with Crippen molar-refractivity contribution < 1.29 is 9.90 Å². The minimum Gasteiger partial charge on any atom is -0.381 e. The van der Waals surface area contributed by atoms with E-state index in [2.05, 4.69) is 20.2 Å². The zero-order valence-electron chi connectivity index (χ0n) is 18.2. The third kappa shape index (κ3) is 3.59. The Labute approximate surface area is 187 Å². The number of likely N-dealkylation sites (tertiary alicyclic amines) is 1. The zero-order chi connectivity index (χ0) is 23.3. The molecule has 0 aromatic carbocycles. The number of H-pyrrole nitrogens is 2. The number of amides is 1. The monoisotopic (exact) mass is 449 g/mol. The van der Waals surface area contributed by atoms with Gasteiger partial charge in [0.05, 0.1) is 28.3 Å². The van der Waals surface area contributed by atoms with E-state index in [4.69, 9.17) is 4.98 Å². The van der Waals surface area contributed by atoms with Crippen LogP contribution in [0.1, 0.15) is 32.7 Å². The Hall–Kier alpha value is -3.86. The SMILES string of the molecule is CC(C)(O)C(=O)N1CCC(n2c(=O)[nH]c(=O)c3cnc4ccc(-c5cn[nH]c5)nc4c32)CC1. The lowest BCUT2D eigenvalue weighted by atomic mass is 10.0. The first-order valence-corrected chi connectivity index (χ1v) is 10.7. The Morgan fingerprint density at radius 1 is 1.18 bits per heavy atom. The van der Waals surface area contributed by atoms with Gasteiger partial charge in [0.15, 0.2) is 0 Å². The predicted octanol–water partition coefficient (Wildman–Crippen LogP) is 0.958. The molecule has 1 aliphatic heterocycles. The number of carbonyl (C=O) groups excluding carboxylic acids is 1. The van der Waals surface area contributed by atoms with Gasteiger partial charge in [0.1, 0.15) is 11.1 Å². The van der Waals surface area contributed by atoms with E-state index in [1.807, 2.05) is 6.07 Å². The van der Waals surface area contributed by atoms with Crippen LogP contribution in [0.4, 0.5) is 0 Å². The lowest BCUT2D eigenvalue weighted by molar-refractivity contribution is -0.149. The normalized spacial score (nSPS) is 15.4. The molecule has 11 nitrogen and oxygen atoms in total. The van der Waals surface area contributed by atoms with Gasteiger partial charge in [-0.25, -0.2) is 9.78 Å². The Kier molecular flexibility index (Phi) is 4.85. The van der Waals surface area contributed by atoms with Crippen molar-refractivity contribution in [2.24, 2.45) is 0 Å². The summed E-state index contributed by atoms with van der Waals surface area (Å²) in [4.78, 5) is 51.2. The summed E-state index contributed by atoms with van der Waals surface area (Å²) in [7, 11) is 0. The summed E-state index contributed by atoms with van der Waals surface area (Å²) in [6, 6.07) is 3.35. The predicted molar refractivity (Wildman–Crippen MR) is 121 cm³/mol. The number of rotatable bonds is 3. The van der Waals surface area contributed by atoms with Crippen molar-refractivity contribution in [3.05, 3.63) is 51.6 Å². The summed E-state index contributed by atoms with van der Waals surface area (Å²) in [5, 5.41) is 17.0. The average molecular weight is 449 g/mol. The third-order valence-corrected chi connectivity index (χ3v) is 6.05. The van der Waals surface area contributed by atoms with E-state index in [1.165, 1.54) is 20.0 Å². The molecular formula is C22H23N7O4. The molecule has 0 bridgehead atoms.